The van der Waals surface area contributed by atoms with Gasteiger partial charge in [0.15, 0.2) is 6.29 Å². The molecule has 19 heavy (non-hydrogen) atoms. The molecule has 1 aromatic rings. The molecule has 1 rings (SSSR count). The third-order valence-corrected chi connectivity index (χ3v) is 3.16. The Labute approximate surface area is 118 Å². The fourth-order valence-corrected chi connectivity index (χ4v) is 1.79. The summed E-state index contributed by atoms with van der Waals surface area (Å²) in [6, 6.07) is 7.02. The van der Waals surface area contributed by atoms with Gasteiger partial charge in [0.05, 0.1) is 0 Å². The lowest BCUT2D eigenvalue weighted by Crippen LogP contribution is -2.50. The number of nitrogens with two attached hydrogens (primary N) is 1. The molecule has 3 N–H and O–H groups in total. The summed E-state index contributed by atoms with van der Waals surface area (Å²) in [6.45, 7) is 1.70. The van der Waals surface area contributed by atoms with Crippen LogP contribution >= 0.6 is 11.6 Å². The van der Waals surface area contributed by atoms with Crippen LogP contribution in [0.2, 0.25) is 5.02 Å². The lowest BCUT2D eigenvalue weighted by Gasteiger charge is -2.31. The highest BCUT2D eigenvalue weighted by atomic mass is 35.5. The van der Waals surface area contributed by atoms with E-state index in [2.05, 4.69) is 5.32 Å². The van der Waals surface area contributed by atoms with Gasteiger partial charge >= 0.3 is 0 Å². The van der Waals surface area contributed by atoms with Crippen LogP contribution in [0.5, 0.6) is 0 Å². The first-order valence-corrected chi connectivity index (χ1v) is 6.18. The zero-order valence-corrected chi connectivity index (χ0v) is 12.0. The van der Waals surface area contributed by atoms with Gasteiger partial charge < -0.3 is 20.5 Å². The van der Waals surface area contributed by atoms with Crippen LogP contribution in [0.1, 0.15) is 13.3 Å². The van der Waals surface area contributed by atoms with Crippen LogP contribution in [-0.2, 0) is 14.3 Å². The Hall–Kier alpha value is -1.30. The maximum absolute atomic E-state index is 11.7. The second-order valence-electron chi connectivity index (χ2n) is 4.43. The summed E-state index contributed by atoms with van der Waals surface area (Å²) >= 11 is 5.82. The van der Waals surface area contributed by atoms with Crippen molar-refractivity contribution in [3.05, 3.63) is 29.3 Å². The number of carbonyl (C=O) groups is 1. The van der Waals surface area contributed by atoms with Gasteiger partial charge in [-0.25, -0.2) is 0 Å². The van der Waals surface area contributed by atoms with Gasteiger partial charge in [0.25, 0.3) is 0 Å². The van der Waals surface area contributed by atoms with E-state index in [4.69, 9.17) is 26.8 Å². The number of methoxy groups -OCH3 is 2. The van der Waals surface area contributed by atoms with Crippen LogP contribution < -0.4 is 11.1 Å². The van der Waals surface area contributed by atoms with Crippen LogP contribution in [0.15, 0.2) is 24.3 Å². The zero-order chi connectivity index (χ0) is 14.5. The second kappa shape index (κ2) is 6.75. The molecule has 0 saturated heterocycles. The number of rotatable bonds is 7. The minimum atomic E-state index is -0.982. The summed E-state index contributed by atoms with van der Waals surface area (Å²) in [4.78, 5) is 11.7. The largest absolute Gasteiger partial charge is 0.371 e. The normalized spacial score (nSPS) is 14.2. The van der Waals surface area contributed by atoms with E-state index < -0.39 is 17.7 Å². The number of nitrogens with one attached hydrogen (secondary N) is 1. The summed E-state index contributed by atoms with van der Waals surface area (Å²) in [5.41, 5.74) is 5.23. The van der Waals surface area contributed by atoms with Crippen LogP contribution in [0, 0.1) is 0 Å². The maximum atomic E-state index is 11.7. The van der Waals surface area contributed by atoms with E-state index >= 15 is 0 Å². The smallest absolute Gasteiger partial charge is 0.243 e. The van der Waals surface area contributed by atoms with Crippen molar-refractivity contribution in [3.63, 3.8) is 0 Å². The Balaban J connectivity index is 2.87. The predicted octanol–water partition coefficient (Wildman–Crippen LogP) is 2.00. The Bertz CT molecular complexity index is 420. The van der Waals surface area contributed by atoms with Crippen molar-refractivity contribution in [2.75, 3.05) is 19.5 Å². The average molecular weight is 287 g/mol. The zero-order valence-electron chi connectivity index (χ0n) is 11.3. The highest BCUT2D eigenvalue weighted by Crippen LogP contribution is 2.22. The van der Waals surface area contributed by atoms with Gasteiger partial charge in [0, 0.05) is 31.4 Å². The Morgan fingerprint density at radius 3 is 2.32 bits per heavy atom. The number of anilines is 1. The molecule has 0 aliphatic carbocycles. The molecule has 0 aliphatic heterocycles. The number of ether oxygens (including phenoxy) is 2. The van der Waals surface area contributed by atoms with Crippen molar-refractivity contribution in [1.29, 1.82) is 0 Å². The monoisotopic (exact) mass is 286 g/mol. The predicted molar refractivity (Wildman–Crippen MR) is 75.1 cm³/mol. The van der Waals surface area contributed by atoms with E-state index in [1.807, 2.05) is 0 Å². The molecule has 0 heterocycles. The minimum absolute atomic E-state index is 0.290. The molecule has 0 fully saturated rings. The molecule has 0 aliphatic rings. The lowest BCUT2D eigenvalue weighted by molar-refractivity contribution is -0.134. The molecular formula is C13H19ClN2O3. The van der Waals surface area contributed by atoms with E-state index in [1.165, 1.54) is 14.2 Å². The first-order valence-electron chi connectivity index (χ1n) is 5.80. The third-order valence-electron chi connectivity index (χ3n) is 2.91. The summed E-state index contributed by atoms with van der Waals surface area (Å²) in [7, 11) is 3.02. The first-order chi connectivity index (χ1) is 8.91. The van der Waals surface area contributed by atoms with Crippen molar-refractivity contribution >= 4 is 23.2 Å². The average Bonchev–Trinajstić information content (AvgIpc) is 2.38. The van der Waals surface area contributed by atoms with Crippen LogP contribution in [0.3, 0.4) is 0 Å². The van der Waals surface area contributed by atoms with E-state index in [-0.39, 0.29) is 6.42 Å². The minimum Gasteiger partial charge on any atom is -0.371 e. The Morgan fingerprint density at radius 1 is 1.37 bits per heavy atom. The molecule has 1 aromatic carbocycles. The molecule has 1 unspecified atom stereocenters. The molecule has 6 heteroatoms. The van der Waals surface area contributed by atoms with Gasteiger partial charge in [-0.3, -0.25) is 4.79 Å². The van der Waals surface area contributed by atoms with Crippen molar-refractivity contribution in [2.45, 2.75) is 25.2 Å². The highest BCUT2D eigenvalue weighted by molar-refractivity contribution is 6.30. The molecular weight excluding hydrogens is 268 g/mol. The summed E-state index contributed by atoms with van der Waals surface area (Å²) < 4.78 is 10.2. The van der Waals surface area contributed by atoms with Crippen LogP contribution in [-0.4, -0.2) is 32.0 Å². The van der Waals surface area contributed by atoms with Crippen LogP contribution in [0.4, 0.5) is 5.69 Å². The van der Waals surface area contributed by atoms with E-state index in [0.717, 1.165) is 5.69 Å². The number of primary amides is 1. The quantitative estimate of drug-likeness (QED) is 0.752. The van der Waals surface area contributed by atoms with Crippen LogP contribution in [0.25, 0.3) is 0 Å². The van der Waals surface area contributed by atoms with Crippen molar-refractivity contribution in [3.8, 4) is 0 Å². The van der Waals surface area contributed by atoms with Gasteiger partial charge in [0.2, 0.25) is 5.91 Å². The molecule has 0 aromatic heterocycles. The van der Waals surface area contributed by atoms with Gasteiger partial charge in [-0.15, -0.1) is 0 Å². The number of hydrogen-bond donors (Lipinski definition) is 2. The molecule has 1 atom stereocenters. The topological polar surface area (TPSA) is 73.6 Å². The number of amides is 1. The third kappa shape index (κ3) is 4.38. The highest BCUT2D eigenvalue weighted by Gasteiger charge is 2.34. The standard InChI is InChI=1S/C13H19ClN2O3/c1-13(12(15)17,8-11(18-2)19-3)16-10-6-4-9(14)5-7-10/h4-7,11,16H,8H2,1-3H3,(H2,15,17). The Morgan fingerprint density at radius 2 is 1.89 bits per heavy atom. The number of benzene rings is 1. The van der Waals surface area contributed by atoms with E-state index in [1.54, 1.807) is 31.2 Å². The molecule has 5 nitrogen and oxygen atoms in total. The van der Waals surface area contributed by atoms with Gasteiger partial charge in [-0.1, -0.05) is 11.6 Å². The van der Waals surface area contributed by atoms with E-state index in [9.17, 15) is 4.79 Å². The van der Waals surface area contributed by atoms with Crippen molar-refractivity contribution in [1.82, 2.24) is 0 Å². The SMILES string of the molecule is COC(CC(C)(Nc1ccc(Cl)cc1)C(N)=O)OC. The summed E-state index contributed by atoms with van der Waals surface area (Å²) in [6.07, 6.45) is -0.227. The maximum Gasteiger partial charge on any atom is 0.243 e. The number of halogens is 1. The Kier molecular flexibility index (Phi) is 5.60. The van der Waals surface area contributed by atoms with Crippen molar-refractivity contribution < 1.29 is 14.3 Å². The molecule has 0 spiro atoms. The fraction of sp³-hybridized carbons (Fsp3) is 0.462. The second-order valence-corrected chi connectivity index (χ2v) is 4.87. The molecule has 1 amide bonds. The molecule has 0 saturated carbocycles. The number of carbonyl (C=O) groups excluding carboxylic acids is 1. The fourth-order valence-electron chi connectivity index (χ4n) is 1.66. The number of hydrogen-bond acceptors (Lipinski definition) is 4. The summed E-state index contributed by atoms with van der Waals surface area (Å²) in [5, 5.41) is 3.71. The lowest BCUT2D eigenvalue weighted by atomic mass is 9.96. The van der Waals surface area contributed by atoms with Gasteiger partial charge in [0.1, 0.15) is 5.54 Å². The first kappa shape index (κ1) is 15.8. The van der Waals surface area contributed by atoms with Crippen molar-refractivity contribution in [2.24, 2.45) is 5.73 Å². The molecule has 0 bridgehead atoms. The van der Waals surface area contributed by atoms with Gasteiger partial charge in [-0.05, 0) is 31.2 Å². The van der Waals surface area contributed by atoms with E-state index in [0.29, 0.717) is 5.02 Å². The van der Waals surface area contributed by atoms with Gasteiger partial charge in [-0.2, -0.15) is 0 Å². The summed E-state index contributed by atoms with van der Waals surface area (Å²) in [5.74, 6) is -0.485. The molecule has 0 radical (unpaired) electrons. The molecule has 106 valence electrons.